The van der Waals surface area contributed by atoms with Gasteiger partial charge >= 0.3 is 0 Å². The molecule has 0 aromatic heterocycles. The molecule has 1 aliphatic rings. The average molecular weight is 306 g/mol. The number of aliphatic hydroxyl groups excluding tert-OH is 1. The summed E-state index contributed by atoms with van der Waals surface area (Å²) in [7, 11) is -2.78. The Hall–Kier alpha value is -0.170. The summed E-state index contributed by atoms with van der Waals surface area (Å²) in [6.07, 6.45) is 3.90. The molecule has 0 saturated carbocycles. The fourth-order valence-corrected chi connectivity index (χ4v) is 3.92. The van der Waals surface area contributed by atoms with Crippen LogP contribution < -0.4 is 5.32 Å². The van der Waals surface area contributed by atoms with Crippen LogP contribution in [0.1, 0.15) is 39.5 Å². The van der Waals surface area contributed by atoms with E-state index in [-0.39, 0.29) is 12.1 Å². The summed E-state index contributed by atoms with van der Waals surface area (Å²) in [5, 5.41) is 13.1. The number of aliphatic hydroxyl groups is 1. The number of nitrogens with one attached hydrogen (secondary N) is 1. The van der Waals surface area contributed by atoms with Crippen molar-refractivity contribution in [3.63, 3.8) is 0 Å². The molecule has 0 aliphatic carbocycles. The molecule has 1 saturated heterocycles. The van der Waals surface area contributed by atoms with Gasteiger partial charge in [-0.15, -0.1) is 0 Å². The van der Waals surface area contributed by atoms with E-state index in [1.807, 2.05) is 0 Å². The average Bonchev–Trinajstić information content (AvgIpc) is 2.45. The topological polar surface area (TPSA) is 69.6 Å². The predicted molar refractivity (Wildman–Crippen MR) is 82.7 cm³/mol. The lowest BCUT2D eigenvalue weighted by Gasteiger charge is -2.34. The molecule has 0 spiro atoms. The van der Waals surface area contributed by atoms with Crippen molar-refractivity contribution in [1.29, 1.82) is 0 Å². The van der Waals surface area contributed by atoms with E-state index in [0.717, 1.165) is 38.8 Å². The Morgan fingerprint density at radius 3 is 2.40 bits per heavy atom. The molecule has 0 radical (unpaired) electrons. The summed E-state index contributed by atoms with van der Waals surface area (Å²) in [5.41, 5.74) is -0.169. The third-order valence-corrected chi connectivity index (χ3v) is 5.91. The molecule has 20 heavy (non-hydrogen) atoms. The number of sulfone groups is 1. The number of hydrogen-bond donors (Lipinski definition) is 2. The van der Waals surface area contributed by atoms with Crippen LogP contribution in [0, 0.1) is 0 Å². The molecule has 0 aromatic carbocycles. The van der Waals surface area contributed by atoms with E-state index in [1.165, 1.54) is 0 Å². The fraction of sp³-hybridized carbons (Fsp3) is 1.00. The van der Waals surface area contributed by atoms with E-state index < -0.39 is 9.84 Å². The Kier molecular flexibility index (Phi) is 7.43. The highest BCUT2D eigenvalue weighted by Gasteiger charge is 2.27. The van der Waals surface area contributed by atoms with E-state index in [2.05, 4.69) is 24.1 Å². The molecule has 6 heteroatoms. The lowest BCUT2D eigenvalue weighted by atomic mass is 9.91. The molecule has 5 nitrogen and oxygen atoms in total. The van der Waals surface area contributed by atoms with Gasteiger partial charge in [-0.3, -0.25) is 0 Å². The minimum Gasteiger partial charge on any atom is -0.394 e. The van der Waals surface area contributed by atoms with Crippen LogP contribution in [0.25, 0.3) is 0 Å². The summed E-state index contributed by atoms with van der Waals surface area (Å²) in [5.74, 6) is 0.583. The number of hydrogen-bond acceptors (Lipinski definition) is 5. The van der Waals surface area contributed by atoms with Gasteiger partial charge in [0.2, 0.25) is 0 Å². The third-order valence-electron chi connectivity index (χ3n) is 4.30. The molecule has 2 N–H and O–H groups in total. The monoisotopic (exact) mass is 306 g/mol. The maximum Gasteiger partial charge on any atom is 0.152 e. The van der Waals surface area contributed by atoms with Crippen LogP contribution >= 0.6 is 0 Å². The summed E-state index contributed by atoms with van der Waals surface area (Å²) in [4.78, 5) is 2.22. The molecule has 0 aromatic rings. The zero-order chi connectivity index (χ0) is 15.1. The van der Waals surface area contributed by atoms with Gasteiger partial charge in [0.05, 0.1) is 18.1 Å². The molecule has 1 aliphatic heterocycles. The maximum absolute atomic E-state index is 11.4. The zero-order valence-corrected chi connectivity index (χ0v) is 13.7. The molecular formula is C14H30N2O3S. The van der Waals surface area contributed by atoms with Gasteiger partial charge in [0.15, 0.2) is 9.84 Å². The molecular weight excluding hydrogens is 276 g/mol. The van der Waals surface area contributed by atoms with Crippen molar-refractivity contribution in [2.24, 2.45) is 0 Å². The van der Waals surface area contributed by atoms with E-state index in [4.69, 9.17) is 0 Å². The van der Waals surface area contributed by atoms with Crippen molar-refractivity contribution >= 4 is 9.84 Å². The van der Waals surface area contributed by atoms with Crippen molar-refractivity contribution < 1.29 is 13.5 Å². The molecule has 1 unspecified atom stereocenters. The van der Waals surface area contributed by atoms with Crippen LogP contribution in [-0.2, 0) is 9.84 Å². The normalized spacial score (nSPS) is 22.6. The van der Waals surface area contributed by atoms with Gasteiger partial charge in [-0.1, -0.05) is 13.8 Å². The van der Waals surface area contributed by atoms with Crippen LogP contribution in [0.3, 0.4) is 0 Å². The largest absolute Gasteiger partial charge is 0.394 e. The third kappa shape index (κ3) is 5.68. The molecule has 0 bridgehead atoms. The Bertz CT molecular complexity index is 353. The Balaban J connectivity index is 2.33. The summed E-state index contributed by atoms with van der Waals surface area (Å²) in [6, 6.07) is 0. The first kappa shape index (κ1) is 17.9. The summed E-state index contributed by atoms with van der Waals surface area (Å²) in [6.45, 7) is 7.55. The van der Waals surface area contributed by atoms with Crippen molar-refractivity contribution in [3.05, 3.63) is 0 Å². The molecule has 1 fully saturated rings. The first-order chi connectivity index (χ1) is 9.47. The van der Waals surface area contributed by atoms with Crippen molar-refractivity contribution in [2.75, 3.05) is 44.3 Å². The smallest absolute Gasteiger partial charge is 0.152 e. The van der Waals surface area contributed by atoms with E-state index in [0.29, 0.717) is 24.6 Å². The van der Waals surface area contributed by atoms with Crippen molar-refractivity contribution in [3.8, 4) is 0 Å². The van der Waals surface area contributed by atoms with Gasteiger partial charge in [-0.2, -0.15) is 0 Å². The van der Waals surface area contributed by atoms with E-state index in [9.17, 15) is 13.5 Å². The molecule has 1 heterocycles. The van der Waals surface area contributed by atoms with Crippen LogP contribution in [0.2, 0.25) is 0 Å². The minimum absolute atomic E-state index is 0.165. The van der Waals surface area contributed by atoms with Gasteiger partial charge < -0.3 is 15.3 Å². The lowest BCUT2D eigenvalue weighted by molar-refractivity contribution is 0.139. The van der Waals surface area contributed by atoms with Gasteiger partial charge in [0.1, 0.15) is 0 Å². The standard InChI is InChI=1S/C14H30N2O3S/c1-3-7-15-14(4-2,13-17)6-5-8-16-9-11-20(18,19)12-10-16/h15,17H,3-13H2,1-2H3. The molecule has 0 amide bonds. The van der Waals surface area contributed by atoms with E-state index in [1.54, 1.807) is 0 Å². The van der Waals surface area contributed by atoms with Gasteiger partial charge in [0, 0.05) is 18.6 Å². The van der Waals surface area contributed by atoms with Gasteiger partial charge in [-0.25, -0.2) is 8.42 Å². The van der Waals surface area contributed by atoms with Gasteiger partial charge in [-0.05, 0) is 38.8 Å². The Morgan fingerprint density at radius 2 is 1.90 bits per heavy atom. The van der Waals surface area contributed by atoms with Crippen LogP contribution in [0.4, 0.5) is 0 Å². The Labute approximate surface area is 123 Å². The minimum atomic E-state index is -2.78. The van der Waals surface area contributed by atoms with Crippen LogP contribution in [0.5, 0.6) is 0 Å². The summed E-state index contributed by atoms with van der Waals surface area (Å²) >= 11 is 0. The number of nitrogens with zero attached hydrogens (tertiary/aromatic N) is 1. The highest BCUT2D eigenvalue weighted by molar-refractivity contribution is 7.91. The van der Waals surface area contributed by atoms with Crippen LogP contribution in [0.15, 0.2) is 0 Å². The first-order valence-electron chi connectivity index (χ1n) is 7.75. The molecule has 120 valence electrons. The second kappa shape index (κ2) is 8.32. The maximum atomic E-state index is 11.4. The van der Waals surface area contributed by atoms with Crippen molar-refractivity contribution in [2.45, 2.75) is 45.1 Å². The summed E-state index contributed by atoms with van der Waals surface area (Å²) < 4.78 is 22.7. The highest BCUT2D eigenvalue weighted by Crippen LogP contribution is 2.18. The second-order valence-corrected chi connectivity index (χ2v) is 8.12. The van der Waals surface area contributed by atoms with Crippen molar-refractivity contribution in [1.82, 2.24) is 10.2 Å². The van der Waals surface area contributed by atoms with Gasteiger partial charge in [0.25, 0.3) is 0 Å². The first-order valence-corrected chi connectivity index (χ1v) is 9.58. The number of rotatable bonds is 9. The molecule has 1 atom stereocenters. The van der Waals surface area contributed by atoms with E-state index >= 15 is 0 Å². The highest BCUT2D eigenvalue weighted by atomic mass is 32.2. The quantitative estimate of drug-likeness (QED) is 0.654. The SMILES string of the molecule is CCCNC(CC)(CO)CCCN1CCS(=O)(=O)CC1. The fourth-order valence-electron chi connectivity index (χ4n) is 2.64. The Morgan fingerprint density at radius 1 is 1.25 bits per heavy atom. The zero-order valence-electron chi connectivity index (χ0n) is 12.9. The second-order valence-electron chi connectivity index (χ2n) is 5.82. The molecule has 1 rings (SSSR count). The lowest BCUT2D eigenvalue weighted by Crippen LogP contribution is -2.49. The predicted octanol–water partition coefficient (Wildman–Crippen LogP) is 0.638. The van der Waals surface area contributed by atoms with Crippen LogP contribution in [-0.4, -0.2) is 68.3 Å².